The van der Waals surface area contributed by atoms with Gasteiger partial charge >= 0.3 is 0 Å². The number of ether oxygens (including phenoxy) is 1. The van der Waals surface area contributed by atoms with Crippen LogP contribution >= 0.6 is 0 Å². The molecule has 0 saturated carbocycles. The van der Waals surface area contributed by atoms with Gasteiger partial charge in [0.25, 0.3) is 0 Å². The van der Waals surface area contributed by atoms with Gasteiger partial charge in [-0.05, 0) is 17.7 Å². The smallest absolute Gasteiger partial charge is 0.161 e. The summed E-state index contributed by atoms with van der Waals surface area (Å²) in [6.07, 6.45) is 1.50. The SMILES string of the molecule is COc1cnn(C)c1C(N)c1cc(F)cc(F)c1. The average Bonchev–Trinajstić information content (AvgIpc) is 2.68. The highest BCUT2D eigenvalue weighted by Gasteiger charge is 2.19. The van der Waals surface area contributed by atoms with E-state index in [2.05, 4.69) is 5.10 Å². The Kier molecular flexibility index (Phi) is 3.29. The quantitative estimate of drug-likeness (QED) is 0.906. The topological polar surface area (TPSA) is 53.1 Å². The normalized spacial score (nSPS) is 12.5. The second-order valence-corrected chi connectivity index (χ2v) is 3.90. The molecule has 0 aliphatic heterocycles. The molecule has 1 aromatic heterocycles. The molecule has 6 heteroatoms. The first-order valence-electron chi connectivity index (χ1n) is 5.30. The van der Waals surface area contributed by atoms with Gasteiger partial charge < -0.3 is 10.5 Å². The van der Waals surface area contributed by atoms with Gasteiger partial charge in [0.2, 0.25) is 0 Å². The molecular weight excluding hydrogens is 240 g/mol. The van der Waals surface area contributed by atoms with E-state index >= 15 is 0 Å². The maximum Gasteiger partial charge on any atom is 0.161 e. The lowest BCUT2D eigenvalue weighted by atomic mass is 10.0. The van der Waals surface area contributed by atoms with Crippen LogP contribution in [0.1, 0.15) is 17.3 Å². The number of aryl methyl sites for hydroxylation is 1. The summed E-state index contributed by atoms with van der Waals surface area (Å²) < 4.78 is 33.0. The molecule has 18 heavy (non-hydrogen) atoms. The van der Waals surface area contributed by atoms with E-state index in [0.717, 1.165) is 6.07 Å². The number of rotatable bonds is 3. The summed E-state index contributed by atoms with van der Waals surface area (Å²) in [5.41, 5.74) is 6.89. The van der Waals surface area contributed by atoms with Crippen molar-refractivity contribution in [1.29, 1.82) is 0 Å². The Morgan fingerprint density at radius 1 is 1.28 bits per heavy atom. The van der Waals surface area contributed by atoms with Gasteiger partial charge in [-0.1, -0.05) is 0 Å². The van der Waals surface area contributed by atoms with Gasteiger partial charge in [-0.3, -0.25) is 4.68 Å². The van der Waals surface area contributed by atoms with E-state index in [1.54, 1.807) is 7.05 Å². The third kappa shape index (κ3) is 2.19. The van der Waals surface area contributed by atoms with E-state index in [0.29, 0.717) is 17.0 Å². The van der Waals surface area contributed by atoms with Crippen LogP contribution in [-0.2, 0) is 7.05 Å². The van der Waals surface area contributed by atoms with Crippen LogP contribution in [0.5, 0.6) is 5.75 Å². The van der Waals surface area contributed by atoms with Crippen LogP contribution in [0.4, 0.5) is 8.78 Å². The molecule has 1 atom stereocenters. The minimum Gasteiger partial charge on any atom is -0.493 e. The predicted octanol–water partition coefficient (Wildman–Crippen LogP) is 1.75. The van der Waals surface area contributed by atoms with Crippen molar-refractivity contribution in [2.24, 2.45) is 12.8 Å². The minimum atomic E-state index is -0.711. The summed E-state index contributed by atoms with van der Waals surface area (Å²) in [5, 5.41) is 4.00. The second kappa shape index (κ2) is 4.73. The molecular formula is C12H13F2N3O. The number of methoxy groups -OCH3 is 1. The molecule has 96 valence electrons. The Labute approximate surface area is 103 Å². The van der Waals surface area contributed by atoms with Crippen LogP contribution in [0.15, 0.2) is 24.4 Å². The van der Waals surface area contributed by atoms with E-state index in [1.165, 1.54) is 30.1 Å². The number of aromatic nitrogens is 2. The lowest BCUT2D eigenvalue weighted by Gasteiger charge is -2.14. The molecule has 1 heterocycles. The molecule has 4 nitrogen and oxygen atoms in total. The lowest BCUT2D eigenvalue weighted by molar-refractivity contribution is 0.405. The molecule has 2 N–H and O–H groups in total. The van der Waals surface area contributed by atoms with Crippen molar-refractivity contribution in [2.45, 2.75) is 6.04 Å². The highest BCUT2D eigenvalue weighted by Crippen LogP contribution is 2.28. The second-order valence-electron chi connectivity index (χ2n) is 3.90. The van der Waals surface area contributed by atoms with Crippen LogP contribution in [0.2, 0.25) is 0 Å². The summed E-state index contributed by atoms with van der Waals surface area (Å²) in [5.74, 6) is -0.849. The van der Waals surface area contributed by atoms with Gasteiger partial charge in [-0.15, -0.1) is 0 Å². The summed E-state index contributed by atoms with van der Waals surface area (Å²) in [6.45, 7) is 0. The van der Waals surface area contributed by atoms with Crippen LogP contribution in [0.25, 0.3) is 0 Å². The number of benzene rings is 1. The fourth-order valence-electron chi connectivity index (χ4n) is 1.85. The highest BCUT2D eigenvalue weighted by molar-refractivity contribution is 5.36. The zero-order valence-electron chi connectivity index (χ0n) is 10.0. The fraction of sp³-hybridized carbons (Fsp3) is 0.250. The number of nitrogens with two attached hydrogens (primary N) is 1. The van der Waals surface area contributed by atoms with Gasteiger partial charge in [0.15, 0.2) is 5.75 Å². The molecule has 1 unspecified atom stereocenters. The van der Waals surface area contributed by atoms with Crippen molar-refractivity contribution < 1.29 is 13.5 Å². The maximum atomic E-state index is 13.2. The van der Waals surface area contributed by atoms with Gasteiger partial charge in [-0.25, -0.2) is 8.78 Å². The number of nitrogens with zero attached hydrogens (tertiary/aromatic N) is 2. The lowest BCUT2D eigenvalue weighted by Crippen LogP contribution is -2.17. The zero-order valence-corrected chi connectivity index (χ0v) is 10.0. The largest absolute Gasteiger partial charge is 0.493 e. The molecule has 0 radical (unpaired) electrons. The molecule has 0 fully saturated rings. The van der Waals surface area contributed by atoms with Crippen molar-refractivity contribution in [2.75, 3.05) is 7.11 Å². The minimum absolute atomic E-state index is 0.328. The van der Waals surface area contributed by atoms with Gasteiger partial charge in [0.1, 0.15) is 17.3 Å². The Morgan fingerprint density at radius 2 is 1.89 bits per heavy atom. The van der Waals surface area contributed by atoms with Crippen LogP contribution in [0, 0.1) is 11.6 Å². The predicted molar refractivity (Wildman–Crippen MR) is 62.1 cm³/mol. The summed E-state index contributed by atoms with van der Waals surface area (Å²) >= 11 is 0. The average molecular weight is 253 g/mol. The standard InChI is InChI=1S/C12H13F2N3O/c1-17-12(10(18-2)6-16-17)11(15)7-3-8(13)5-9(14)4-7/h3-6,11H,15H2,1-2H3. The maximum absolute atomic E-state index is 13.2. The molecule has 1 aromatic carbocycles. The number of hydrogen-bond acceptors (Lipinski definition) is 3. The third-order valence-corrected chi connectivity index (χ3v) is 2.71. The van der Waals surface area contributed by atoms with Crippen LogP contribution in [0.3, 0.4) is 0 Å². The molecule has 0 saturated heterocycles. The van der Waals surface area contributed by atoms with Crippen molar-refractivity contribution in [1.82, 2.24) is 9.78 Å². The van der Waals surface area contributed by atoms with E-state index < -0.39 is 17.7 Å². The first-order chi connectivity index (χ1) is 8.52. The monoisotopic (exact) mass is 253 g/mol. The van der Waals surface area contributed by atoms with E-state index in [9.17, 15) is 8.78 Å². The Morgan fingerprint density at radius 3 is 2.44 bits per heavy atom. The molecule has 2 rings (SSSR count). The van der Waals surface area contributed by atoms with E-state index in [4.69, 9.17) is 10.5 Å². The van der Waals surface area contributed by atoms with Gasteiger partial charge in [0.05, 0.1) is 19.3 Å². The first-order valence-corrected chi connectivity index (χ1v) is 5.30. The molecule has 0 spiro atoms. The number of hydrogen-bond donors (Lipinski definition) is 1. The molecule has 2 aromatic rings. The summed E-state index contributed by atoms with van der Waals surface area (Å²) in [6, 6.07) is 2.48. The van der Waals surface area contributed by atoms with Gasteiger partial charge in [0, 0.05) is 13.1 Å². The third-order valence-electron chi connectivity index (χ3n) is 2.71. The summed E-state index contributed by atoms with van der Waals surface area (Å²) in [4.78, 5) is 0. The Hall–Kier alpha value is -1.95. The fourth-order valence-corrected chi connectivity index (χ4v) is 1.85. The van der Waals surface area contributed by atoms with E-state index in [-0.39, 0.29) is 0 Å². The Balaban J connectivity index is 2.47. The van der Waals surface area contributed by atoms with Crippen molar-refractivity contribution in [3.05, 3.63) is 47.3 Å². The van der Waals surface area contributed by atoms with Crippen LogP contribution < -0.4 is 10.5 Å². The first kappa shape index (κ1) is 12.5. The molecule has 0 amide bonds. The van der Waals surface area contributed by atoms with Gasteiger partial charge in [-0.2, -0.15) is 5.10 Å². The molecule has 0 aliphatic carbocycles. The highest BCUT2D eigenvalue weighted by atomic mass is 19.1. The van der Waals surface area contributed by atoms with Crippen LogP contribution in [-0.4, -0.2) is 16.9 Å². The number of halogens is 2. The van der Waals surface area contributed by atoms with Crippen molar-refractivity contribution in [3.8, 4) is 5.75 Å². The molecule has 0 aliphatic rings. The molecule has 0 bridgehead atoms. The van der Waals surface area contributed by atoms with Crippen molar-refractivity contribution in [3.63, 3.8) is 0 Å². The van der Waals surface area contributed by atoms with E-state index in [1.807, 2.05) is 0 Å². The summed E-state index contributed by atoms with van der Waals surface area (Å²) in [7, 11) is 3.17. The zero-order chi connectivity index (χ0) is 13.3. The Bertz CT molecular complexity index is 548. The van der Waals surface area contributed by atoms with Crippen molar-refractivity contribution >= 4 is 0 Å².